The number of pyridine rings is 1. The molecule has 1 aliphatic carbocycles. The third-order valence-electron chi connectivity index (χ3n) is 5.18. The van der Waals surface area contributed by atoms with Gasteiger partial charge in [-0.05, 0) is 38.7 Å². The van der Waals surface area contributed by atoms with Crippen molar-refractivity contribution in [3.05, 3.63) is 47.7 Å². The molecule has 0 atom stereocenters. The number of rotatable bonds is 6. The van der Waals surface area contributed by atoms with Gasteiger partial charge in [0.15, 0.2) is 5.69 Å². The van der Waals surface area contributed by atoms with Crippen LogP contribution in [-0.4, -0.2) is 34.6 Å². The van der Waals surface area contributed by atoms with Gasteiger partial charge in [0.2, 0.25) is 5.88 Å². The van der Waals surface area contributed by atoms with Gasteiger partial charge in [0.25, 0.3) is 0 Å². The second-order valence-corrected chi connectivity index (χ2v) is 7.56. The van der Waals surface area contributed by atoms with Crippen molar-refractivity contribution >= 4 is 11.3 Å². The molecule has 164 valence electrons. The smallest absolute Gasteiger partial charge is 0.434 e. The SMILES string of the molecule is C=C(c1cc(OC2CCCCC2)nc(C)n1)c1c(N(C)CC#N)ccnc1C(F)(F)F. The monoisotopic (exact) mass is 431 g/mol. The van der Waals surface area contributed by atoms with Crippen LogP contribution in [0.4, 0.5) is 18.9 Å². The van der Waals surface area contributed by atoms with Gasteiger partial charge in [-0.1, -0.05) is 13.0 Å². The lowest BCUT2D eigenvalue weighted by Gasteiger charge is -2.24. The average molecular weight is 431 g/mol. The van der Waals surface area contributed by atoms with E-state index in [9.17, 15) is 13.2 Å². The van der Waals surface area contributed by atoms with Crippen molar-refractivity contribution in [1.82, 2.24) is 15.0 Å². The molecule has 0 spiro atoms. The summed E-state index contributed by atoms with van der Waals surface area (Å²) in [6.07, 6.45) is 1.57. The normalized spacial score (nSPS) is 14.7. The number of nitrogens with zero attached hydrogens (tertiary/aromatic N) is 5. The van der Waals surface area contributed by atoms with Crippen molar-refractivity contribution < 1.29 is 17.9 Å². The molecule has 2 aromatic heterocycles. The Morgan fingerprint density at radius 3 is 2.65 bits per heavy atom. The summed E-state index contributed by atoms with van der Waals surface area (Å²) in [6.45, 7) is 5.46. The molecule has 3 rings (SSSR count). The number of halogens is 3. The maximum Gasteiger partial charge on any atom is 0.434 e. The minimum Gasteiger partial charge on any atom is -0.474 e. The summed E-state index contributed by atoms with van der Waals surface area (Å²) in [5.74, 6) is 0.689. The van der Waals surface area contributed by atoms with Gasteiger partial charge in [-0.15, -0.1) is 0 Å². The van der Waals surface area contributed by atoms with Crippen molar-refractivity contribution in [2.45, 2.75) is 51.3 Å². The van der Waals surface area contributed by atoms with E-state index in [2.05, 4.69) is 21.5 Å². The lowest BCUT2D eigenvalue weighted by molar-refractivity contribution is -0.141. The summed E-state index contributed by atoms with van der Waals surface area (Å²) in [6, 6.07) is 4.89. The van der Waals surface area contributed by atoms with Crippen LogP contribution in [0.1, 0.15) is 54.9 Å². The number of alkyl halides is 3. The van der Waals surface area contributed by atoms with Crippen LogP contribution in [0, 0.1) is 18.3 Å². The highest BCUT2D eigenvalue weighted by molar-refractivity contribution is 5.85. The first-order valence-electron chi connectivity index (χ1n) is 10.1. The third kappa shape index (κ3) is 5.32. The van der Waals surface area contributed by atoms with Gasteiger partial charge in [-0.3, -0.25) is 4.98 Å². The van der Waals surface area contributed by atoms with E-state index in [1.807, 2.05) is 6.07 Å². The fraction of sp³-hybridized carbons (Fsp3) is 0.455. The van der Waals surface area contributed by atoms with E-state index in [1.165, 1.54) is 23.5 Å². The minimum absolute atomic E-state index is 0.0330. The highest BCUT2D eigenvalue weighted by atomic mass is 19.4. The van der Waals surface area contributed by atoms with Crippen molar-refractivity contribution in [1.29, 1.82) is 5.26 Å². The largest absolute Gasteiger partial charge is 0.474 e. The summed E-state index contributed by atoms with van der Waals surface area (Å²) < 4.78 is 47.3. The van der Waals surface area contributed by atoms with E-state index >= 15 is 0 Å². The van der Waals surface area contributed by atoms with Gasteiger partial charge in [-0.25, -0.2) is 4.98 Å². The topological polar surface area (TPSA) is 74.9 Å². The van der Waals surface area contributed by atoms with Crippen molar-refractivity contribution in [2.75, 3.05) is 18.5 Å². The molecular weight excluding hydrogens is 407 g/mol. The Kier molecular flexibility index (Phi) is 6.78. The Hall–Kier alpha value is -3.15. The number of hydrogen-bond donors (Lipinski definition) is 0. The van der Waals surface area contributed by atoms with E-state index in [1.54, 1.807) is 14.0 Å². The highest BCUT2D eigenvalue weighted by Gasteiger charge is 2.38. The molecule has 1 saturated carbocycles. The second kappa shape index (κ2) is 9.33. The zero-order valence-electron chi connectivity index (χ0n) is 17.5. The molecule has 0 saturated heterocycles. The number of hydrogen-bond acceptors (Lipinski definition) is 6. The maximum atomic E-state index is 13.8. The molecule has 2 heterocycles. The Bertz CT molecular complexity index is 994. The molecule has 0 unspecified atom stereocenters. The highest BCUT2D eigenvalue weighted by Crippen LogP contribution is 2.40. The van der Waals surface area contributed by atoms with E-state index in [-0.39, 0.29) is 35.2 Å². The zero-order chi connectivity index (χ0) is 22.6. The van der Waals surface area contributed by atoms with Crippen LogP contribution in [-0.2, 0) is 6.18 Å². The molecule has 2 aromatic rings. The molecule has 0 aromatic carbocycles. The maximum absolute atomic E-state index is 13.8. The fourth-order valence-electron chi connectivity index (χ4n) is 3.71. The van der Waals surface area contributed by atoms with E-state index < -0.39 is 11.9 Å². The number of ether oxygens (including phenoxy) is 1. The molecular formula is C22H24F3N5O. The Labute approximate surface area is 179 Å². The van der Waals surface area contributed by atoms with Gasteiger partial charge in [0, 0.05) is 36.1 Å². The number of anilines is 1. The predicted octanol–water partition coefficient (Wildman–Crippen LogP) is 4.93. The van der Waals surface area contributed by atoms with Gasteiger partial charge in [0.05, 0.1) is 11.8 Å². The zero-order valence-corrected chi connectivity index (χ0v) is 17.5. The lowest BCUT2D eigenvalue weighted by Crippen LogP contribution is -2.22. The van der Waals surface area contributed by atoms with Crippen LogP contribution in [0.5, 0.6) is 5.88 Å². The molecule has 0 radical (unpaired) electrons. The quantitative estimate of drug-likeness (QED) is 0.604. The fourth-order valence-corrected chi connectivity index (χ4v) is 3.71. The Morgan fingerprint density at radius 1 is 1.29 bits per heavy atom. The van der Waals surface area contributed by atoms with Crippen LogP contribution >= 0.6 is 0 Å². The van der Waals surface area contributed by atoms with Gasteiger partial charge in [0.1, 0.15) is 18.5 Å². The number of aromatic nitrogens is 3. The van der Waals surface area contributed by atoms with Gasteiger partial charge in [-0.2, -0.15) is 23.4 Å². The van der Waals surface area contributed by atoms with Crippen LogP contribution < -0.4 is 9.64 Å². The molecule has 0 amide bonds. The molecule has 0 aliphatic heterocycles. The summed E-state index contributed by atoms with van der Waals surface area (Å²) >= 11 is 0. The Balaban J connectivity index is 2.04. The Morgan fingerprint density at radius 2 is 2.00 bits per heavy atom. The van der Waals surface area contributed by atoms with Crippen LogP contribution in [0.25, 0.3) is 5.57 Å². The summed E-state index contributed by atoms with van der Waals surface area (Å²) in [4.78, 5) is 13.6. The summed E-state index contributed by atoms with van der Waals surface area (Å²) in [5, 5.41) is 9.01. The molecule has 0 N–H and O–H groups in total. The molecule has 0 bridgehead atoms. The van der Waals surface area contributed by atoms with Gasteiger partial charge >= 0.3 is 6.18 Å². The van der Waals surface area contributed by atoms with Crippen LogP contribution in [0.2, 0.25) is 0 Å². The van der Waals surface area contributed by atoms with E-state index in [4.69, 9.17) is 10.00 Å². The number of aryl methyl sites for hydroxylation is 1. The summed E-state index contributed by atoms with van der Waals surface area (Å²) in [7, 11) is 1.54. The van der Waals surface area contributed by atoms with Crippen LogP contribution in [0.15, 0.2) is 24.9 Å². The standard InChI is InChI=1S/C22H24F3N5O/c1-14(17-13-19(29-15(2)28-17)31-16-7-5-4-6-8-16)20-18(30(3)12-10-26)9-11-27-21(20)22(23,24)25/h9,11,13,16H,1,4-8,12H2,2-3H3. The first kappa shape index (κ1) is 22.5. The average Bonchev–Trinajstić information content (AvgIpc) is 2.72. The summed E-state index contributed by atoms with van der Waals surface area (Å²) in [5.41, 5.74) is -0.831. The van der Waals surface area contributed by atoms with Crippen molar-refractivity contribution in [2.24, 2.45) is 0 Å². The lowest BCUT2D eigenvalue weighted by atomic mass is 9.97. The minimum atomic E-state index is -4.70. The molecule has 9 heteroatoms. The molecule has 1 fully saturated rings. The first-order valence-corrected chi connectivity index (χ1v) is 10.1. The van der Waals surface area contributed by atoms with Crippen molar-refractivity contribution in [3.63, 3.8) is 0 Å². The third-order valence-corrected chi connectivity index (χ3v) is 5.18. The van der Waals surface area contributed by atoms with Gasteiger partial charge < -0.3 is 9.64 Å². The van der Waals surface area contributed by atoms with E-state index in [0.29, 0.717) is 11.7 Å². The van der Waals surface area contributed by atoms with Crippen LogP contribution in [0.3, 0.4) is 0 Å². The van der Waals surface area contributed by atoms with E-state index in [0.717, 1.165) is 31.9 Å². The number of nitriles is 1. The molecule has 31 heavy (non-hydrogen) atoms. The molecule has 1 aliphatic rings. The molecule has 6 nitrogen and oxygen atoms in total. The predicted molar refractivity (Wildman–Crippen MR) is 111 cm³/mol. The second-order valence-electron chi connectivity index (χ2n) is 7.56. The first-order chi connectivity index (χ1) is 14.7. The van der Waals surface area contributed by atoms with Crippen molar-refractivity contribution in [3.8, 4) is 11.9 Å².